The summed E-state index contributed by atoms with van der Waals surface area (Å²) in [6.45, 7) is 2.47. The normalized spacial score (nSPS) is 18.7. The van der Waals surface area contributed by atoms with Crippen LogP contribution in [0.4, 0.5) is 0 Å². The van der Waals surface area contributed by atoms with E-state index in [9.17, 15) is 4.79 Å². The summed E-state index contributed by atoms with van der Waals surface area (Å²) >= 11 is 5.08. The SMILES string of the molecule is COCCN(Cc1cc(Br)cs1)C(=O)C1CCCO1. The number of rotatable bonds is 6. The van der Waals surface area contributed by atoms with Crippen LogP contribution in [0.15, 0.2) is 15.9 Å². The Hall–Kier alpha value is -0.430. The minimum absolute atomic E-state index is 0.0825. The van der Waals surface area contributed by atoms with Gasteiger partial charge in [0.1, 0.15) is 6.10 Å². The fraction of sp³-hybridized carbons (Fsp3) is 0.615. The zero-order valence-electron chi connectivity index (χ0n) is 10.9. The summed E-state index contributed by atoms with van der Waals surface area (Å²) in [7, 11) is 1.65. The van der Waals surface area contributed by atoms with E-state index in [2.05, 4.69) is 15.9 Å². The Bertz CT molecular complexity index is 418. The molecule has 6 heteroatoms. The summed E-state index contributed by atoms with van der Waals surface area (Å²) in [5, 5.41) is 2.03. The van der Waals surface area contributed by atoms with Gasteiger partial charge < -0.3 is 14.4 Å². The van der Waals surface area contributed by atoms with E-state index >= 15 is 0 Å². The van der Waals surface area contributed by atoms with Gasteiger partial charge in [0, 0.05) is 35.0 Å². The van der Waals surface area contributed by atoms with E-state index in [4.69, 9.17) is 9.47 Å². The molecule has 106 valence electrons. The van der Waals surface area contributed by atoms with Crippen molar-refractivity contribution in [2.75, 3.05) is 26.9 Å². The molecule has 4 nitrogen and oxygen atoms in total. The van der Waals surface area contributed by atoms with Gasteiger partial charge in [0.25, 0.3) is 5.91 Å². The second-order valence-corrected chi connectivity index (χ2v) is 6.40. The van der Waals surface area contributed by atoms with E-state index in [1.165, 1.54) is 0 Å². The van der Waals surface area contributed by atoms with Crippen molar-refractivity contribution in [3.05, 3.63) is 20.8 Å². The highest BCUT2D eigenvalue weighted by Crippen LogP contribution is 2.22. The fourth-order valence-electron chi connectivity index (χ4n) is 2.07. The van der Waals surface area contributed by atoms with Gasteiger partial charge in [-0.3, -0.25) is 4.79 Å². The van der Waals surface area contributed by atoms with Gasteiger partial charge in [-0.05, 0) is 34.8 Å². The molecule has 0 saturated carbocycles. The molecular weight excluding hydrogens is 330 g/mol. The maximum absolute atomic E-state index is 12.4. The minimum Gasteiger partial charge on any atom is -0.383 e. The first kappa shape index (κ1) is 15.0. The third-order valence-electron chi connectivity index (χ3n) is 3.05. The number of thiophene rings is 1. The third kappa shape index (κ3) is 4.27. The fourth-order valence-corrected chi connectivity index (χ4v) is 3.54. The first-order valence-corrected chi connectivity index (χ1v) is 8.00. The van der Waals surface area contributed by atoms with Crippen molar-refractivity contribution in [1.82, 2.24) is 4.90 Å². The van der Waals surface area contributed by atoms with Crippen LogP contribution in [-0.2, 0) is 20.8 Å². The van der Waals surface area contributed by atoms with Gasteiger partial charge in [-0.2, -0.15) is 0 Å². The van der Waals surface area contributed by atoms with E-state index < -0.39 is 0 Å². The van der Waals surface area contributed by atoms with E-state index in [-0.39, 0.29) is 12.0 Å². The molecule has 0 bridgehead atoms. The maximum atomic E-state index is 12.4. The molecule has 2 heterocycles. The van der Waals surface area contributed by atoms with Crippen molar-refractivity contribution < 1.29 is 14.3 Å². The predicted octanol–water partition coefficient (Wildman–Crippen LogP) is 2.66. The summed E-state index contributed by atoms with van der Waals surface area (Å²) in [4.78, 5) is 15.4. The van der Waals surface area contributed by atoms with E-state index in [1.807, 2.05) is 16.3 Å². The Kier molecular flexibility index (Phi) is 5.81. The largest absolute Gasteiger partial charge is 0.383 e. The molecule has 1 aromatic heterocycles. The first-order valence-electron chi connectivity index (χ1n) is 6.33. The second kappa shape index (κ2) is 7.38. The standard InChI is InChI=1S/C13H18BrNO3S/c1-17-6-4-15(8-11-7-10(14)9-19-11)13(16)12-3-2-5-18-12/h7,9,12H,2-6,8H2,1H3. The van der Waals surface area contributed by atoms with Gasteiger partial charge in [-0.25, -0.2) is 0 Å². The van der Waals surface area contributed by atoms with E-state index in [1.54, 1.807) is 18.4 Å². The summed E-state index contributed by atoms with van der Waals surface area (Å²) in [5.41, 5.74) is 0. The zero-order valence-corrected chi connectivity index (χ0v) is 13.3. The molecule has 0 spiro atoms. The molecule has 1 aromatic rings. The number of amides is 1. The van der Waals surface area contributed by atoms with Crippen LogP contribution < -0.4 is 0 Å². The minimum atomic E-state index is -0.264. The Morgan fingerprint density at radius 1 is 1.68 bits per heavy atom. The van der Waals surface area contributed by atoms with Crippen molar-refractivity contribution >= 4 is 33.2 Å². The topological polar surface area (TPSA) is 38.8 Å². The lowest BCUT2D eigenvalue weighted by Crippen LogP contribution is -2.40. The summed E-state index contributed by atoms with van der Waals surface area (Å²) in [6.07, 6.45) is 1.54. The number of halogens is 1. The van der Waals surface area contributed by atoms with Crippen LogP contribution in [0.2, 0.25) is 0 Å². The highest BCUT2D eigenvalue weighted by molar-refractivity contribution is 9.10. The molecule has 1 aliphatic heterocycles. The van der Waals surface area contributed by atoms with Crippen molar-refractivity contribution in [2.45, 2.75) is 25.5 Å². The number of methoxy groups -OCH3 is 1. The smallest absolute Gasteiger partial charge is 0.252 e. The van der Waals surface area contributed by atoms with Crippen LogP contribution in [-0.4, -0.2) is 43.8 Å². The zero-order chi connectivity index (χ0) is 13.7. The quantitative estimate of drug-likeness (QED) is 0.793. The Balaban J connectivity index is 1.99. The Morgan fingerprint density at radius 2 is 2.53 bits per heavy atom. The first-order chi connectivity index (χ1) is 9.20. The average molecular weight is 348 g/mol. The van der Waals surface area contributed by atoms with E-state index in [0.717, 1.165) is 22.2 Å². The molecular formula is C13H18BrNO3S. The molecule has 1 amide bonds. The molecule has 1 unspecified atom stereocenters. The molecule has 0 aliphatic carbocycles. The van der Waals surface area contributed by atoms with Gasteiger partial charge in [-0.1, -0.05) is 0 Å². The van der Waals surface area contributed by atoms with Crippen molar-refractivity contribution in [3.63, 3.8) is 0 Å². The van der Waals surface area contributed by atoms with Crippen LogP contribution in [0.1, 0.15) is 17.7 Å². The summed E-state index contributed by atoms with van der Waals surface area (Å²) < 4.78 is 11.6. The van der Waals surface area contributed by atoms with Crippen LogP contribution in [0.3, 0.4) is 0 Å². The Morgan fingerprint density at radius 3 is 3.11 bits per heavy atom. The van der Waals surface area contributed by atoms with Gasteiger partial charge in [-0.15, -0.1) is 11.3 Å². The number of carbonyl (C=O) groups is 1. The van der Waals surface area contributed by atoms with Gasteiger partial charge in [0.05, 0.1) is 13.2 Å². The molecule has 1 atom stereocenters. The number of carbonyl (C=O) groups excluding carboxylic acids is 1. The van der Waals surface area contributed by atoms with Gasteiger partial charge >= 0.3 is 0 Å². The van der Waals surface area contributed by atoms with Crippen molar-refractivity contribution in [2.24, 2.45) is 0 Å². The molecule has 2 rings (SSSR count). The van der Waals surface area contributed by atoms with Crippen molar-refractivity contribution in [3.8, 4) is 0 Å². The highest BCUT2D eigenvalue weighted by Gasteiger charge is 2.28. The van der Waals surface area contributed by atoms with Gasteiger partial charge in [0.2, 0.25) is 0 Å². The third-order valence-corrected chi connectivity index (χ3v) is 4.73. The average Bonchev–Trinajstić information content (AvgIpc) is 3.05. The molecule has 1 saturated heterocycles. The molecule has 19 heavy (non-hydrogen) atoms. The van der Waals surface area contributed by atoms with Crippen LogP contribution in [0, 0.1) is 0 Å². The summed E-state index contributed by atoms with van der Waals surface area (Å²) in [6, 6.07) is 2.05. The number of hydrogen-bond acceptors (Lipinski definition) is 4. The van der Waals surface area contributed by atoms with E-state index in [0.29, 0.717) is 26.3 Å². The Labute approximate surface area is 125 Å². The molecule has 0 radical (unpaired) electrons. The van der Waals surface area contributed by atoms with Crippen molar-refractivity contribution in [1.29, 1.82) is 0 Å². The predicted molar refractivity (Wildman–Crippen MR) is 78.3 cm³/mol. The highest BCUT2D eigenvalue weighted by atomic mass is 79.9. The van der Waals surface area contributed by atoms with Crippen LogP contribution >= 0.6 is 27.3 Å². The maximum Gasteiger partial charge on any atom is 0.252 e. The van der Waals surface area contributed by atoms with Crippen LogP contribution in [0.25, 0.3) is 0 Å². The molecule has 1 fully saturated rings. The molecule has 1 aliphatic rings. The monoisotopic (exact) mass is 347 g/mol. The van der Waals surface area contributed by atoms with Crippen LogP contribution in [0.5, 0.6) is 0 Å². The van der Waals surface area contributed by atoms with Gasteiger partial charge in [0.15, 0.2) is 0 Å². The lowest BCUT2D eigenvalue weighted by Gasteiger charge is -2.24. The lowest BCUT2D eigenvalue weighted by molar-refractivity contribution is -0.142. The number of nitrogens with zero attached hydrogens (tertiary/aromatic N) is 1. The second-order valence-electron chi connectivity index (χ2n) is 4.49. The molecule has 0 N–H and O–H groups in total. The number of ether oxygens (including phenoxy) is 2. The molecule has 0 aromatic carbocycles. The lowest BCUT2D eigenvalue weighted by atomic mass is 10.2. The number of hydrogen-bond donors (Lipinski definition) is 0. The summed E-state index contributed by atoms with van der Waals surface area (Å²) in [5.74, 6) is 0.0825.